The van der Waals surface area contributed by atoms with E-state index >= 15 is 0 Å². The number of rotatable bonds is 5. The molecule has 1 fully saturated rings. The number of fused-ring (bicyclic) bond motifs is 1. The SMILES string of the molecule is CCOC(=O)c1cc2n(n1)C[C@](C)(C(=O)NC1CCC(C)CC1)N(c1ccccc1C)C2=O. The van der Waals surface area contributed by atoms with E-state index in [-0.39, 0.29) is 42.4 Å². The average Bonchev–Trinajstić information content (AvgIpc) is 3.21. The highest BCUT2D eigenvalue weighted by atomic mass is 16.5. The van der Waals surface area contributed by atoms with Gasteiger partial charge in [0.15, 0.2) is 5.69 Å². The molecule has 176 valence electrons. The van der Waals surface area contributed by atoms with E-state index in [2.05, 4.69) is 17.3 Å². The topological polar surface area (TPSA) is 93.5 Å². The second-order valence-electron chi connectivity index (χ2n) is 9.42. The number of hydrogen-bond donors (Lipinski definition) is 1. The minimum atomic E-state index is -1.21. The molecule has 0 spiro atoms. The van der Waals surface area contributed by atoms with Gasteiger partial charge < -0.3 is 10.1 Å². The third-order valence-electron chi connectivity index (χ3n) is 6.83. The molecule has 8 heteroatoms. The second-order valence-corrected chi connectivity index (χ2v) is 9.42. The van der Waals surface area contributed by atoms with Crippen LogP contribution in [0.2, 0.25) is 0 Å². The number of carbonyl (C=O) groups is 3. The quantitative estimate of drug-likeness (QED) is 0.701. The fraction of sp³-hybridized carbons (Fsp3) is 0.520. The molecule has 33 heavy (non-hydrogen) atoms. The van der Waals surface area contributed by atoms with E-state index in [9.17, 15) is 14.4 Å². The lowest BCUT2D eigenvalue weighted by Gasteiger charge is -2.44. The molecule has 1 aromatic carbocycles. The number of amides is 2. The summed E-state index contributed by atoms with van der Waals surface area (Å²) in [7, 11) is 0. The molecule has 2 aromatic rings. The first kappa shape index (κ1) is 23.0. The lowest BCUT2D eigenvalue weighted by Crippen LogP contribution is -2.65. The van der Waals surface area contributed by atoms with Gasteiger partial charge in [0.05, 0.1) is 13.2 Å². The highest BCUT2D eigenvalue weighted by Gasteiger charge is 2.50. The Bertz CT molecular complexity index is 1070. The molecule has 2 amide bonds. The number of nitrogens with one attached hydrogen (secondary N) is 1. The number of ether oxygens (including phenoxy) is 1. The summed E-state index contributed by atoms with van der Waals surface area (Å²) >= 11 is 0. The molecule has 1 saturated carbocycles. The summed E-state index contributed by atoms with van der Waals surface area (Å²) in [4.78, 5) is 41.3. The number of aromatic nitrogens is 2. The summed E-state index contributed by atoms with van der Waals surface area (Å²) < 4.78 is 6.53. The molecule has 1 aliphatic heterocycles. The molecule has 0 saturated heterocycles. The summed E-state index contributed by atoms with van der Waals surface area (Å²) in [6, 6.07) is 9.06. The van der Waals surface area contributed by atoms with Crippen LogP contribution in [0.5, 0.6) is 0 Å². The molecule has 2 heterocycles. The Morgan fingerprint density at radius 3 is 2.58 bits per heavy atom. The predicted molar refractivity (Wildman–Crippen MR) is 124 cm³/mol. The predicted octanol–water partition coefficient (Wildman–Crippen LogP) is 3.48. The van der Waals surface area contributed by atoms with E-state index in [1.165, 1.54) is 10.7 Å². The summed E-state index contributed by atoms with van der Waals surface area (Å²) in [5, 5.41) is 7.52. The van der Waals surface area contributed by atoms with Crippen molar-refractivity contribution in [3.05, 3.63) is 47.3 Å². The van der Waals surface area contributed by atoms with E-state index in [1.54, 1.807) is 18.7 Å². The van der Waals surface area contributed by atoms with E-state index in [0.29, 0.717) is 11.6 Å². The van der Waals surface area contributed by atoms with Gasteiger partial charge in [-0.1, -0.05) is 25.1 Å². The van der Waals surface area contributed by atoms with Crippen LogP contribution in [-0.2, 0) is 16.1 Å². The van der Waals surface area contributed by atoms with Crippen molar-refractivity contribution in [2.45, 2.75) is 71.5 Å². The first-order chi connectivity index (χ1) is 15.7. The van der Waals surface area contributed by atoms with Crippen LogP contribution >= 0.6 is 0 Å². The summed E-state index contributed by atoms with van der Waals surface area (Å²) in [6.45, 7) is 7.99. The van der Waals surface area contributed by atoms with Crippen LogP contribution in [0.4, 0.5) is 5.69 Å². The van der Waals surface area contributed by atoms with Crippen molar-refractivity contribution in [2.24, 2.45) is 5.92 Å². The smallest absolute Gasteiger partial charge is 0.358 e. The summed E-state index contributed by atoms with van der Waals surface area (Å²) in [5.74, 6) is -0.496. The van der Waals surface area contributed by atoms with Crippen LogP contribution < -0.4 is 10.2 Å². The van der Waals surface area contributed by atoms with Gasteiger partial charge in [0.2, 0.25) is 5.91 Å². The fourth-order valence-electron chi connectivity index (χ4n) is 4.82. The maximum atomic E-state index is 13.8. The van der Waals surface area contributed by atoms with Gasteiger partial charge in [-0.25, -0.2) is 4.79 Å². The minimum absolute atomic E-state index is 0.0656. The van der Waals surface area contributed by atoms with Gasteiger partial charge in [0.25, 0.3) is 5.91 Å². The van der Waals surface area contributed by atoms with Gasteiger partial charge >= 0.3 is 5.97 Å². The highest BCUT2D eigenvalue weighted by Crippen LogP contribution is 2.35. The second kappa shape index (κ2) is 9.00. The van der Waals surface area contributed by atoms with Gasteiger partial charge in [-0.3, -0.25) is 19.2 Å². The Morgan fingerprint density at radius 2 is 1.91 bits per heavy atom. The van der Waals surface area contributed by atoms with E-state index in [4.69, 9.17) is 4.74 Å². The maximum absolute atomic E-state index is 13.8. The highest BCUT2D eigenvalue weighted by molar-refractivity contribution is 6.12. The Hall–Kier alpha value is -3.16. The number of nitrogens with zero attached hydrogens (tertiary/aromatic N) is 3. The zero-order chi connectivity index (χ0) is 23.8. The number of hydrogen-bond acceptors (Lipinski definition) is 5. The number of para-hydroxylation sites is 1. The summed E-state index contributed by atoms with van der Waals surface area (Å²) in [5.41, 5.74) is 0.670. The maximum Gasteiger partial charge on any atom is 0.358 e. The van der Waals surface area contributed by atoms with Crippen molar-refractivity contribution in [1.82, 2.24) is 15.1 Å². The molecule has 1 N–H and O–H groups in total. The first-order valence-electron chi connectivity index (χ1n) is 11.7. The van der Waals surface area contributed by atoms with Gasteiger partial charge in [-0.15, -0.1) is 0 Å². The number of anilines is 1. The number of carbonyl (C=O) groups excluding carboxylic acids is 3. The molecule has 8 nitrogen and oxygen atoms in total. The van der Waals surface area contributed by atoms with E-state index < -0.39 is 11.5 Å². The largest absolute Gasteiger partial charge is 0.461 e. The molecule has 1 aromatic heterocycles. The molecule has 4 rings (SSSR count). The van der Waals surface area contributed by atoms with Crippen LogP contribution in [0.1, 0.15) is 73.0 Å². The van der Waals surface area contributed by atoms with Crippen molar-refractivity contribution in [3.8, 4) is 0 Å². The number of benzene rings is 1. The van der Waals surface area contributed by atoms with Gasteiger partial charge in [0, 0.05) is 17.8 Å². The molecular weight excluding hydrogens is 420 g/mol. The van der Waals surface area contributed by atoms with Crippen LogP contribution in [0.3, 0.4) is 0 Å². The zero-order valence-electron chi connectivity index (χ0n) is 19.8. The Balaban J connectivity index is 1.73. The van der Waals surface area contributed by atoms with Gasteiger partial charge in [-0.05, 0) is 64.0 Å². The van der Waals surface area contributed by atoms with E-state index in [1.807, 2.05) is 31.2 Å². The monoisotopic (exact) mass is 452 g/mol. The number of esters is 1. The van der Waals surface area contributed by atoms with Crippen molar-refractivity contribution >= 4 is 23.5 Å². The van der Waals surface area contributed by atoms with Gasteiger partial charge in [0.1, 0.15) is 11.2 Å². The van der Waals surface area contributed by atoms with Crippen LogP contribution in [0, 0.1) is 12.8 Å². The molecule has 1 atom stereocenters. The molecular formula is C25H32N4O4. The van der Waals surface area contributed by atoms with Crippen LogP contribution in [-0.4, -0.2) is 45.8 Å². The first-order valence-corrected chi connectivity index (χ1v) is 11.7. The lowest BCUT2D eigenvalue weighted by atomic mass is 9.86. The number of aryl methyl sites for hydroxylation is 1. The molecule has 0 unspecified atom stereocenters. The lowest BCUT2D eigenvalue weighted by molar-refractivity contribution is -0.127. The van der Waals surface area contributed by atoms with E-state index in [0.717, 1.165) is 31.2 Å². The Labute approximate surface area is 194 Å². The normalized spacial score (nSPS) is 24.8. The molecule has 1 aliphatic carbocycles. The van der Waals surface area contributed by atoms with Crippen molar-refractivity contribution < 1.29 is 19.1 Å². The zero-order valence-corrected chi connectivity index (χ0v) is 19.8. The Kier molecular flexibility index (Phi) is 6.28. The minimum Gasteiger partial charge on any atom is -0.461 e. The van der Waals surface area contributed by atoms with Crippen LogP contribution in [0.25, 0.3) is 0 Å². The fourth-order valence-corrected chi connectivity index (χ4v) is 4.82. The summed E-state index contributed by atoms with van der Waals surface area (Å²) in [6.07, 6.45) is 4.02. The third-order valence-corrected chi connectivity index (χ3v) is 6.83. The third kappa shape index (κ3) is 4.26. The standard InChI is InChI=1S/C25H32N4O4/c1-5-33-23(31)19-14-21-22(30)29(20-9-7-6-8-17(20)3)25(4,15-28(21)27-19)24(32)26-18-12-10-16(2)11-13-18/h6-9,14,16,18H,5,10-13,15H2,1-4H3,(H,26,32)/t16?,18?,25-/m1/s1. The van der Waals surface area contributed by atoms with Crippen molar-refractivity contribution in [2.75, 3.05) is 11.5 Å². The Morgan fingerprint density at radius 1 is 1.21 bits per heavy atom. The van der Waals surface area contributed by atoms with Crippen LogP contribution in [0.15, 0.2) is 30.3 Å². The van der Waals surface area contributed by atoms with Crippen molar-refractivity contribution in [3.63, 3.8) is 0 Å². The molecule has 2 aliphatic rings. The van der Waals surface area contributed by atoms with Crippen molar-refractivity contribution in [1.29, 1.82) is 0 Å². The molecule has 0 bridgehead atoms. The average molecular weight is 453 g/mol. The van der Waals surface area contributed by atoms with Gasteiger partial charge in [-0.2, -0.15) is 5.10 Å². The molecule has 0 radical (unpaired) electrons.